The van der Waals surface area contributed by atoms with Crippen LogP contribution in [0.15, 0.2) is 30.3 Å². The van der Waals surface area contributed by atoms with Gasteiger partial charge in [-0.05, 0) is 30.9 Å². The number of benzene rings is 1. The molecular formula is C14H21NO2S. The SMILES string of the molecule is CCCNC(c1ccccc1)C1CCS(=O)(=O)C1. The highest BCUT2D eigenvalue weighted by molar-refractivity contribution is 7.91. The van der Waals surface area contributed by atoms with E-state index in [-0.39, 0.29) is 12.0 Å². The van der Waals surface area contributed by atoms with Crippen molar-refractivity contribution in [3.63, 3.8) is 0 Å². The van der Waals surface area contributed by atoms with Gasteiger partial charge in [0.05, 0.1) is 11.5 Å². The molecule has 0 aliphatic carbocycles. The van der Waals surface area contributed by atoms with E-state index < -0.39 is 9.84 Å². The summed E-state index contributed by atoms with van der Waals surface area (Å²) in [5.41, 5.74) is 1.20. The Morgan fingerprint density at radius 1 is 1.33 bits per heavy atom. The molecule has 1 aliphatic heterocycles. The molecule has 1 saturated heterocycles. The van der Waals surface area contributed by atoms with E-state index in [0.717, 1.165) is 19.4 Å². The minimum Gasteiger partial charge on any atom is -0.310 e. The quantitative estimate of drug-likeness (QED) is 0.889. The summed E-state index contributed by atoms with van der Waals surface area (Å²) >= 11 is 0. The Morgan fingerprint density at radius 2 is 2.06 bits per heavy atom. The number of hydrogen-bond donors (Lipinski definition) is 1. The second kappa shape index (κ2) is 5.85. The van der Waals surface area contributed by atoms with Gasteiger partial charge in [-0.2, -0.15) is 0 Å². The van der Waals surface area contributed by atoms with E-state index in [1.54, 1.807) is 0 Å². The predicted octanol–water partition coefficient (Wildman–Crippen LogP) is 2.16. The molecule has 2 rings (SSSR count). The molecule has 0 aromatic heterocycles. The molecule has 1 aromatic carbocycles. The standard InChI is InChI=1S/C14H21NO2S/c1-2-9-15-14(12-6-4-3-5-7-12)13-8-10-18(16,17)11-13/h3-7,13-15H,2,8-11H2,1H3. The lowest BCUT2D eigenvalue weighted by Crippen LogP contribution is -2.29. The van der Waals surface area contributed by atoms with Gasteiger partial charge in [-0.15, -0.1) is 0 Å². The van der Waals surface area contributed by atoms with Crippen molar-refractivity contribution < 1.29 is 8.42 Å². The Morgan fingerprint density at radius 3 is 2.61 bits per heavy atom. The van der Waals surface area contributed by atoms with Gasteiger partial charge in [0.15, 0.2) is 9.84 Å². The van der Waals surface area contributed by atoms with Crippen LogP contribution in [0.3, 0.4) is 0 Å². The van der Waals surface area contributed by atoms with Crippen LogP contribution in [-0.2, 0) is 9.84 Å². The smallest absolute Gasteiger partial charge is 0.150 e. The first-order chi connectivity index (χ1) is 8.62. The van der Waals surface area contributed by atoms with Crippen LogP contribution >= 0.6 is 0 Å². The van der Waals surface area contributed by atoms with Gasteiger partial charge in [0.2, 0.25) is 0 Å². The zero-order valence-corrected chi connectivity index (χ0v) is 11.6. The lowest BCUT2D eigenvalue weighted by molar-refractivity contribution is 0.393. The minimum absolute atomic E-state index is 0.170. The maximum absolute atomic E-state index is 11.6. The number of hydrogen-bond acceptors (Lipinski definition) is 3. The first-order valence-electron chi connectivity index (χ1n) is 6.61. The summed E-state index contributed by atoms with van der Waals surface area (Å²) in [5, 5.41) is 3.50. The lowest BCUT2D eigenvalue weighted by Gasteiger charge is -2.24. The summed E-state index contributed by atoms with van der Waals surface area (Å²) in [6, 6.07) is 10.4. The molecule has 1 aromatic rings. The number of rotatable bonds is 5. The first kappa shape index (κ1) is 13.6. The summed E-state index contributed by atoms with van der Waals surface area (Å²) in [6.07, 6.45) is 1.83. The molecule has 18 heavy (non-hydrogen) atoms. The molecule has 1 fully saturated rings. The Balaban J connectivity index is 2.16. The average Bonchev–Trinajstić information content (AvgIpc) is 2.72. The normalized spacial score (nSPS) is 23.9. The van der Waals surface area contributed by atoms with Crippen LogP contribution in [0.2, 0.25) is 0 Å². The maximum atomic E-state index is 11.6. The van der Waals surface area contributed by atoms with Gasteiger partial charge in [0.1, 0.15) is 0 Å². The second-order valence-corrected chi connectivity index (χ2v) is 7.23. The minimum atomic E-state index is -2.81. The van der Waals surface area contributed by atoms with Crippen LogP contribution in [0, 0.1) is 5.92 Å². The summed E-state index contributed by atoms with van der Waals surface area (Å²) in [5.74, 6) is 0.877. The third-order valence-electron chi connectivity index (χ3n) is 3.51. The molecular weight excluding hydrogens is 246 g/mol. The molecule has 3 nitrogen and oxygen atoms in total. The zero-order valence-electron chi connectivity index (χ0n) is 10.8. The molecule has 100 valence electrons. The zero-order chi connectivity index (χ0) is 13.0. The summed E-state index contributed by atoms with van der Waals surface area (Å²) in [7, 11) is -2.81. The van der Waals surface area contributed by atoms with E-state index in [1.165, 1.54) is 5.56 Å². The first-order valence-corrected chi connectivity index (χ1v) is 8.43. The fourth-order valence-electron chi connectivity index (χ4n) is 2.60. The summed E-state index contributed by atoms with van der Waals surface area (Å²) in [6.45, 7) is 3.05. The van der Waals surface area contributed by atoms with E-state index in [1.807, 2.05) is 18.2 Å². The lowest BCUT2D eigenvalue weighted by atomic mass is 9.92. The molecule has 0 spiro atoms. The van der Waals surface area contributed by atoms with Crippen molar-refractivity contribution in [3.05, 3.63) is 35.9 Å². The van der Waals surface area contributed by atoms with Crippen LogP contribution in [0.5, 0.6) is 0 Å². The van der Waals surface area contributed by atoms with Crippen molar-refractivity contribution in [3.8, 4) is 0 Å². The van der Waals surface area contributed by atoms with Crippen molar-refractivity contribution in [2.24, 2.45) is 5.92 Å². The predicted molar refractivity (Wildman–Crippen MR) is 74.2 cm³/mol. The summed E-state index contributed by atoms with van der Waals surface area (Å²) in [4.78, 5) is 0. The van der Waals surface area contributed by atoms with Crippen LogP contribution in [-0.4, -0.2) is 26.5 Å². The van der Waals surface area contributed by atoms with Gasteiger partial charge in [-0.3, -0.25) is 0 Å². The largest absolute Gasteiger partial charge is 0.310 e. The highest BCUT2D eigenvalue weighted by Crippen LogP contribution is 2.31. The van der Waals surface area contributed by atoms with E-state index >= 15 is 0 Å². The van der Waals surface area contributed by atoms with Crippen LogP contribution < -0.4 is 5.32 Å². The molecule has 4 heteroatoms. The topological polar surface area (TPSA) is 46.2 Å². The molecule has 1 heterocycles. The average molecular weight is 267 g/mol. The van der Waals surface area contributed by atoms with Gasteiger partial charge < -0.3 is 5.32 Å². The van der Waals surface area contributed by atoms with E-state index in [2.05, 4.69) is 24.4 Å². The van der Waals surface area contributed by atoms with Gasteiger partial charge in [-0.25, -0.2) is 8.42 Å². The van der Waals surface area contributed by atoms with Crippen molar-refractivity contribution >= 4 is 9.84 Å². The molecule has 0 radical (unpaired) electrons. The Labute approximate surface area is 110 Å². The van der Waals surface area contributed by atoms with E-state index in [0.29, 0.717) is 11.5 Å². The van der Waals surface area contributed by atoms with Gasteiger partial charge in [0, 0.05) is 6.04 Å². The molecule has 1 aliphatic rings. The second-order valence-electron chi connectivity index (χ2n) is 5.01. The van der Waals surface area contributed by atoms with Crippen molar-refractivity contribution in [2.75, 3.05) is 18.1 Å². The van der Waals surface area contributed by atoms with Crippen LogP contribution in [0.4, 0.5) is 0 Å². The third kappa shape index (κ3) is 3.33. The molecule has 0 saturated carbocycles. The van der Waals surface area contributed by atoms with Crippen molar-refractivity contribution in [2.45, 2.75) is 25.8 Å². The van der Waals surface area contributed by atoms with Crippen LogP contribution in [0.1, 0.15) is 31.4 Å². The highest BCUT2D eigenvalue weighted by Gasteiger charge is 2.33. The third-order valence-corrected chi connectivity index (χ3v) is 5.31. The van der Waals surface area contributed by atoms with Gasteiger partial charge >= 0.3 is 0 Å². The highest BCUT2D eigenvalue weighted by atomic mass is 32.2. The Hall–Kier alpha value is -0.870. The molecule has 0 amide bonds. The molecule has 1 N–H and O–H groups in total. The van der Waals surface area contributed by atoms with Crippen LogP contribution in [0.25, 0.3) is 0 Å². The van der Waals surface area contributed by atoms with Crippen molar-refractivity contribution in [1.29, 1.82) is 0 Å². The summed E-state index contributed by atoms with van der Waals surface area (Å²) < 4.78 is 23.2. The number of nitrogens with one attached hydrogen (secondary N) is 1. The monoisotopic (exact) mass is 267 g/mol. The van der Waals surface area contributed by atoms with Crippen molar-refractivity contribution in [1.82, 2.24) is 5.32 Å². The van der Waals surface area contributed by atoms with E-state index in [9.17, 15) is 8.42 Å². The Kier molecular flexibility index (Phi) is 4.40. The Bertz CT molecular complexity index is 470. The van der Waals surface area contributed by atoms with Gasteiger partial charge in [-0.1, -0.05) is 37.3 Å². The molecule has 0 bridgehead atoms. The maximum Gasteiger partial charge on any atom is 0.150 e. The van der Waals surface area contributed by atoms with Gasteiger partial charge in [0.25, 0.3) is 0 Å². The van der Waals surface area contributed by atoms with E-state index in [4.69, 9.17) is 0 Å². The number of sulfone groups is 1. The molecule has 2 atom stereocenters. The molecule has 2 unspecified atom stereocenters. The fraction of sp³-hybridized carbons (Fsp3) is 0.571. The fourth-order valence-corrected chi connectivity index (χ4v) is 4.44.